The van der Waals surface area contributed by atoms with Crippen LogP contribution in [-0.2, 0) is 16.6 Å². The van der Waals surface area contributed by atoms with Crippen LogP contribution in [0.4, 0.5) is 0 Å². The van der Waals surface area contributed by atoms with Crippen molar-refractivity contribution in [2.45, 2.75) is 57.5 Å². The SMILES string of the molecule is CCNC(=NCc1ccc(S(=O)(=O)N2CCCC2)cc1)NC(C)CC.I. The van der Waals surface area contributed by atoms with E-state index in [0.29, 0.717) is 30.6 Å². The van der Waals surface area contributed by atoms with E-state index in [-0.39, 0.29) is 24.0 Å². The van der Waals surface area contributed by atoms with Crippen molar-refractivity contribution < 1.29 is 8.42 Å². The van der Waals surface area contributed by atoms with E-state index < -0.39 is 10.0 Å². The van der Waals surface area contributed by atoms with Crippen LogP contribution < -0.4 is 10.6 Å². The molecule has 1 heterocycles. The Morgan fingerprint density at radius 2 is 1.81 bits per heavy atom. The molecule has 26 heavy (non-hydrogen) atoms. The first kappa shape index (κ1) is 23.2. The molecule has 1 atom stereocenters. The maximum absolute atomic E-state index is 12.5. The molecule has 2 rings (SSSR count). The summed E-state index contributed by atoms with van der Waals surface area (Å²) in [6.07, 6.45) is 2.91. The van der Waals surface area contributed by atoms with E-state index >= 15 is 0 Å². The summed E-state index contributed by atoms with van der Waals surface area (Å²) in [4.78, 5) is 4.94. The van der Waals surface area contributed by atoms with Crippen LogP contribution >= 0.6 is 24.0 Å². The Hall–Kier alpha value is -0.870. The second-order valence-electron chi connectivity index (χ2n) is 6.40. The molecule has 8 heteroatoms. The molecule has 1 aromatic rings. The molecule has 2 N–H and O–H groups in total. The Balaban J connectivity index is 0.00000338. The fraction of sp³-hybridized carbons (Fsp3) is 0.611. The number of hydrogen-bond acceptors (Lipinski definition) is 3. The van der Waals surface area contributed by atoms with Crippen LogP contribution in [0.1, 0.15) is 45.6 Å². The Kier molecular flexibility index (Phi) is 9.88. The van der Waals surface area contributed by atoms with E-state index in [1.807, 2.05) is 19.1 Å². The predicted molar refractivity (Wildman–Crippen MR) is 118 cm³/mol. The summed E-state index contributed by atoms with van der Waals surface area (Å²) in [5, 5.41) is 6.57. The number of sulfonamides is 1. The largest absolute Gasteiger partial charge is 0.357 e. The Labute approximate surface area is 174 Å². The Bertz CT molecular complexity index is 671. The van der Waals surface area contributed by atoms with Crippen LogP contribution in [0.2, 0.25) is 0 Å². The first-order chi connectivity index (χ1) is 12.0. The summed E-state index contributed by atoms with van der Waals surface area (Å²) < 4.78 is 26.6. The van der Waals surface area contributed by atoms with Crippen LogP contribution in [0.3, 0.4) is 0 Å². The van der Waals surface area contributed by atoms with Gasteiger partial charge in [-0.05, 0) is 50.8 Å². The molecule has 6 nitrogen and oxygen atoms in total. The van der Waals surface area contributed by atoms with Crippen molar-refractivity contribution in [2.75, 3.05) is 19.6 Å². The molecule has 1 aliphatic rings. The molecular weight excluding hydrogens is 463 g/mol. The number of guanidine groups is 1. The third kappa shape index (κ3) is 6.38. The van der Waals surface area contributed by atoms with E-state index in [9.17, 15) is 8.42 Å². The fourth-order valence-corrected chi connectivity index (χ4v) is 4.19. The molecule has 0 radical (unpaired) electrons. The minimum absolute atomic E-state index is 0. The number of benzene rings is 1. The standard InChI is InChI=1S/C18H30N4O2S.HI/c1-4-15(3)21-18(19-5-2)20-14-16-8-10-17(11-9-16)25(23,24)22-12-6-7-13-22;/h8-11,15H,4-7,12-14H2,1-3H3,(H2,19,20,21);1H. The van der Waals surface area contributed by atoms with Crippen molar-refractivity contribution in [3.05, 3.63) is 29.8 Å². The average Bonchev–Trinajstić information content (AvgIpc) is 3.15. The van der Waals surface area contributed by atoms with Gasteiger partial charge in [-0.25, -0.2) is 13.4 Å². The third-order valence-electron chi connectivity index (χ3n) is 4.39. The van der Waals surface area contributed by atoms with E-state index in [0.717, 1.165) is 37.3 Å². The van der Waals surface area contributed by atoms with E-state index in [2.05, 4.69) is 29.5 Å². The zero-order valence-electron chi connectivity index (χ0n) is 15.9. The molecule has 0 amide bonds. The van der Waals surface area contributed by atoms with Gasteiger partial charge in [0.25, 0.3) is 0 Å². The van der Waals surface area contributed by atoms with Gasteiger partial charge in [0.05, 0.1) is 11.4 Å². The lowest BCUT2D eigenvalue weighted by molar-refractivity contribution is 0.477. The van der Waals surface area contributed by atoms with E-state index in [4.69, 9.17) is 0 Å². The second-order valence-corrected chi connectivity index (χ2v) is 8.34. The minimum atomic E-state index is -3.34. The maximum atomic E-state index is 12.5. The normalized spacial score (nSPS) is 16.8. The number of rotatable bonds is 7. The first-order valence-electron chi connectivity index (χ1n) is 9.11. The Morgan fingerprint density at radius 3 is 2.35 bits per heavy atom. The fourth-order valence-electron chi connectivity index (χ4n) is 2.67. The molecule has 0 aromatic heterocycles. The van der Waals surface area contributed by atoms with Gasteiger partial charge < -0.3 is 10.6 Å². The predicted octanol–water partition coefficient (Wildman–Crippen LogP) is 2.94. The average molecular weight is 494 g/mol. The second kappa shape index (κ2) is 11.1. The van der Waals surface area contributed by atoms with Crippen molar-refractivity contribution in [3.8, 4) is 0 Å². The highest BCUT2D eigenvalue weighted by Gasteiger charge is 2.26. The van der Waals surface area contributed by atoms with Crippen molar-refractivity contribution in [1.82, 2.24) is 14.9 Å². The molecule has 148 valence electrons. The van der Waals surface area contributed by atoms with Gasteiger partial charge in [-0.15, -0.1) is 24.0 Å². The summed E-state index contributed by atoms with van der Waals surface area (Å²) >= 11 is 0. The molecule has 1 aliphatic heterocycles. The van der Waals surface area contributed by atoms with Gasteiger partial charge in [-0.2, -0.15) is 4.31 Å². The summed E-state index contributed by atoms with van der Waals surface area (Å²) in [5.41, 5.74) is 0.988. The van der Waals surface area contributed by atoms with Crippen molar-refractivity contribution in [2.24, 2.45) is 4.99 Å². The van der Waals surface area contributed by atoms with Crippen LogP contribution in [0.25, 0.3) is 0 Å². The summed E-state index contributed by atoms with van der Waals surface area (Å²) in [5.74, 6) is 0.783. The van der Waals surface area contributed by atoms with Gasteiger partial charge in [0.15, 0.2) is 5.96 Å². The van der Waals surface area contributed by atoms with Gasteiger partial charge in [-0.3, -0.25) is 0 Å². The van der Waals surface area contributed by atoms with Gasteiger partial charge in [0.1, 0.15) is 0 Å². The number of nitrogens with zero attached hydrogens (tertiary/aromatic N) is 2. The number of halogens is 1. The lowest BCUT2D eigenvalue weighted by Crippen LogP contribution is -2.41. The van der Waals surface area contributed by atoms with Crippen LogP contribution in [0.5, 0.6) is 0 Å². The Morgan fingerprint density at radius 1 is 1.19 bits per heavy atom. The summed E-state index contributed by atoms with van der Waals surface area (Å²) in [6.45, 7) is 8.84. The highest BCUT2D eigenvalue weighted by molar-refractivity contribution is 14.0. The molecule has 0 bridgehead atoms. The molecule has 1 unspecified atom stereocenters. The topological polar surface area (TPSA) is 73.8 Å². The molecule has 0 spiro atoms. The highest BCUT2D eigenvalue weighted by Crippen LogP contribution is 2.21. The van der Waals surface area contributed by atoms with Gasteiger partial charge in [-0.1, -0.05) is 19.1 Å². The first-order valence-corrected chi connectivity index (χ1v) is 10.5. The van der Waals surface area contributed by atoms with Gasteiger partial charge >= 0.3 is 0 Å². The third-order valence-corrected chi connectivity index (χ3v) is 6.30. The number of hydrogen-bond donors (Lipinski definition) is 2. The van der Waals surface area contributed by atoms with E-state index in [1.165, 1.54) is 0 Å². The monoisotopic (exact) mass is 494 g/mol. The number of aliphatic imine (C=N–C) groups is 1. The minimum Gasteiger partial charge on any atom is -0.357 e. The zero-order valence-corrected chi connectivity index (χ0v) is 19.0. The smallest absolute Gasteiger partial charge is 0.243 e. The molecular formula is C18H31IN4O2S. The quantitative estimate of drug-likeness (QED) is 0.348. The molecule has 1 saturated heterocycles. The van der Waals surface area contributed by atoms with Crippen molar-refractivity contribution in [3.63, 3.8) is 0 Å². The van der Waals surface area contributed by atoms with Gasteiger partial charge in [0, 0.05) is 25.7 Å². The number of nitrogens with one attached hydrogen (secondary N) is 2. The lowest BCUT2D eigenvalue weighted by Gasteiger charge is -2.16. The van der Waals surface area contributed by atoms with Crippen LogP contribution in [-0.4, -0.2) is 44.4 Å². The van der Waals surface area contributed by atoms with Crippen LogP contribution in [0.15, 0.2) is 34.2 Å². The molecule has 1 aromatic carbocycles. The zero-order chi connectivity index (χ0) is 18.3. The van der Waals surface area contributed by atoms with Crippen molar-refractivity contribution in [1.29, 1.82) is 0 Å². The molecule has 1 fully saturated rings. The van der Waals surface area contributed by atoms with Crippen molar-refractivity contribution >= 4 is 40.0 Å². The van der Waals surface area contributed by atoms with E-state index in [1.54, 1.807) is 16.4 Å². The lowest BCUT2D eigenvalue weighted by atomic mass is 10.2. The summed E-state index contributed by atoms with van der Waals surface area (Å²) in [6, 6.07) is 7.42. The molecule has 0 saturated carbocycles. The molecule has 0 aliphatic carbocycles. The summed E-state index contributed by atoms with van der Waals surface area (Å²) in [7, 11) is -3.34. The maximum Gasteiger partial charge on any atom is 0.243 e. The van der Waals surface area contributed by atoms with Crippen LogP contribution in [0, 0.1) is 0 Å². The highest BCUT2D eigenvalue weighted by atomic mass is 127. The van der Waals surface area contributed by atoms with Gasteiger partial charge in [0.2, 0.25) is 10.0 Å².